The van der Waals surface area contributed by atoms with Gasteiger partial charge < -0.3 is 9.79 Å². The van der Waals surface area contributed by atoms with E-state index in [1.54, 1.807) is 0 Å². The first-order chi connectivity index (χ1) is 10.2. The van der Waals surface area contributed by atoms with Crippen LogP contribution in [0.4, 0.5) is 5.69 Å². The highest BCUT2D eigenvalue weighted by molar-refractivity contribution is 7.50. The van der Waals surface area contributed by atoms with Gasteiger partial charge in [-0.15, -0.1) is 0 Å². The van der Waals surface area contributed by atoms with Gasteiger partial charge in [0.2, 0.25) is 0 Å². The first-order valence-electron chi connectivity index (χ1n) is 7.58. The Kier molecular flexibility index (Phi) is 6.29. The second-order valence-electron chi connectivity index (χ2n) is 5.24. The number of hydrogen-bond acceptors (Lipinski definition) is 3. The zero-order valence-corrected chi connectivity index (χ0v) is 14.4. The topological polar surface area (TPSA) is 101 Å². The van der Waals surface area contributed by atoms with Gasteiger partial charge in [0.05, 0.1) is 11.1 Å². The van der Waals surface area contributed by atoms with Crippen LogP contribution in [0.1, 0.15) is 55.5 Å². The van der Waals surface area contributed by atoms with Crippen LogP contribution in [-0.2, 0) is 36.4 Å². The molecule has 0 spiro atoms. The maximum absolute atomic E-state index is 11.5. The lowest BCUT2D eigenvalue weighted by atomic mass is 9.86. The SMILES string of the molecule is CCc1c(CP(=O)(O)O)c(CC)c(CC)c([N+](=O)[O-])c1CC. The van der Waals surface area contributed by atoms with Gasteiger partial charge in [-0.05, 0) is 42.4 Å². The van der Waals surface area contributed by atoms with Crippen molar-refractivity contribution in [1.82, 2.24) is 0 Å². The summed E-state index contributed by atoms with van der Waals surface area (Å²) in [6.07, 6.45) is 1.65. The van der Waals surface area contributed by atoms with Crippen molar-refractivity contribution in [3.05, 3.63) is 37.9 Å². The highest BCUT2D eigenvalue weighted by atomic mass is 31.2. The molecule has 0 bridgehead atoms. The monoisotopic (exact) mass is 329 g/mol. The smallest absolute Gasteiger partial charge is 0.324 e. The van der Waals surface area contributed by atoms with Gasteiger partial charge in [0, 0.05) is 11.1 Å². The highest BCUT2D eigenvalue weighted by Gasteiger charge is 2.29. The predicted molar refractivity (Wildman–Crippen MR) is 86.4 cm³/mol. The number of hydrogen-bond donors (Lipinski definition) is 2. The second-order valence-corrected chi connectivity index (χ2v) is 6.88. The van der Waals surface area contributed by atoms with Crippen molar-refractivity contribution >= 4 is 13.3 Å². The van der Waals surface area contributed by atoms with Crippen LogP contribution in [0.5, 0.6) is 0 Å². The van der Waals surface area contributed by atoms with Crippen LogP contribution in [0.15, 0.2) is 0 Å². The molecule has 1 aromatic carbocycles. The molecule has 124 valence electrons. The summed E-state index contributed by atoms with van der Waals surface area (Å²) in [5, 5.41) is 11.5. The van der Waals surface area contributed by atoms with Crippen molar-refractivity contribution in [2.24, 2.45) is 0 Å². The number of nitrogens with zero attached hydrogens (tertiary/aromatic N) is 1. The van der Waals surface area contributed by atoms with Gasteiger partial charge in [0.1, 0.15) is 0 Å². The normalized spacial score (nSPS) is 11.7. The Morgan fingerprint density at radius 1 is 0.864 bits per heavy atom. The molecule has 0 heterocycles. The Balaban J connectivity index is 3.90. The fraction of sp³-hybridized carbons (Fsp3) is 0.600. The highest BCUT2D eigenvalue weighted by Crippen LogP contribution is 2.45. The van der Waals surface area contributed by atoms with E-state index < -0.39 is 7.60 Å². The van der Waals surface area contributed by atoms with Gasteiger partial charge in [-0.1, -0.05) is 27.7 Å². The number of nitro benzene ring substituents is 1. The molecule has 0 saturated carbocycles. The first-order valence-corrected chi connectivity index (χ1v) is 9.38. The summed E-state index contributed by atoms with van der Waals surface area (Å²) in [7, 11) is -4.24. The molecule has 0 aliphatic heterocycles. The van der Waals surface area contributed by atoms with Gasteiger partial charge in [0.25, 0.3) is 5.69 Å². The average molecular weight is 329 g/mol. The van der Waals surface area contributed by atoms with Gasteiger partial charge >= 0.3 is 7.60 Å². The molecule has 0 radical (unpaired) electrons. The fourth-order valence-corrected chi connectivity index (χ4v) is 4.04. The Labute approximate surface area is 130 Å². The van der Waals surface area contributed by atoms with E-state index in [-0.39, 0.29) is 16.8 Å². The minimum Gasteiger partial charge on any atom is -0.324 e. The molecule has 0 aliphatic carbocycles. The van der Waals surface area contributed by atoms with Crippen molar-refractivity contribution in [1.29, 1.82) is 0 Å². The van der Waals surface area contributed by atoms with E-state index >= 15 is 0 Å². The number of rotatable bonds is 7. The molecule has 22 heavy (non-hydrogen) atoms. The van der Waals surface area contributed by atoms with E-state index in [1.165, 1.54) is 0 Å². The number of benzene rings is 1. The molecular weight excluding hydrogens is 305 g/mol. The zero-order chi connectivity index (χ0) is 17.1. The van der Waals surface area contributed by atoms with E-state index in [0.29, 0.717) is 42.4 Å². The van der Waals surface area contributed by atoms with Crippen LogP contribution < -0.4 is 0 Å². The van der Waals surface area contributed by atoms with Crippen LogP contribution in [0.25, 0.3) is 0 Å². The third-order valence-corrected chi connectivity index (χ3v) is 4.72. The standard InChI is InChI=1S/C15H24NO5P/c1-5-10-12(7-3)15(16(17)18)13(8-4)11(6-2)14(10)9-22(19,20)21/h5-9H2,1-4H3,(H2,19,20,21). The first kappa shape index (κ1) is 18.8. The molecule has 0 amide bonds. The molecule has 0 saturated heterocycles. The van der Waals surface area contributed by atoms with Gasteiger partial charge in [-0.3, -0.25) is 14.7 Å². The summed E-state index contributed by atoms with van der Waals surface area (Å²) < 4.78 is 11.5. The fourth-order valence-electron chi connectivity index (χ4n) is 3.25. The van der Waals surface area contributed by atoms with E-state index in [1.807, 2.05) is 27.7 Å². The van der Waals surface area contributed by atoms with Crippen molar-refractivity contribution in [3.8, 4) is 0 Å². The van der Waals surface area contributed by atoms with Crippen molar-refractivity contribution < 1.29 is 19.3 Å². The largest absolute Gasteiger partial charge is 0.329 e. The summed E-state index contributed by atoms with van der Waals surface area (Å²) >= 11 is 0. The van der Waals surface area contributed by atoms with Gasteiger partial charge in [0.15, 0.2) is 0 Å². The Hall–Kier alpha value is -1.23. The van der Waals surface area contributed by atoms with Gasteiger partial charge in [-0.25, -0.2) is 0 Å². The summed E-state index contributed by atoms with van der Waals surface area (Å²) in [5.74, 6) is 0. The lowest BCUT2D eigenvalue weighted by molar-refractivity contribution is -0.386. The van der Waals surface area contributed by atoms with E-state index in [2.05, 4.69) is 0 Å². The minimum atomic E-state index is -4.24. The van der Waals surface area contributed by atoms with Crippen molar-refractivity contribution in [2.75, 3.05) is 0 Å². The van der Waals surface area contributed by atoms with Gasteiger partial charge in [-0.2, -0.15) is 0 Å². The summed E-state index contributed by atoms with van der Waals surface area (Å²) in [5.41, 5.74) is 3.43. The summed E-state index contributed by atoms with van der Waals surface area (Å²) in [6, 6.07) is 0. The maximum Gasteiger partial charge on any atom is 0.329 e. The van der Waals surface area contributed by atoms with Crippen molar-refractivity contribution in [2.45, 2.75) is 59.5 Å². The molecule has 2 N–H and O–H groups in total. The zero-order valence-electron chi connectivity index (χ0n) is 13.5. The molecule has 6 nitrogen and oxygen atoms in total. The minimum absolute atomic E-state index is 0.133. The summed E-state index contributed by atoms with van der Waals surface area (Å²) in [6.45, 7) is 7.42. The van der Waals surface area contributed by atoms with Crippen LogP contribution in [-0.4, -0.2) is 14.7 Å². The van der Waals surface area contributed by atoms with Crippen LogP contribution in [0, 0.1) is 10.1 Å². The van der Waals surface area contributed by atoms with Crippen molar-refractivity contribution in [3.63, 3.8) is 0 Å². The van der Waals surface area contributed by atoms with E-state index in [9.17, 15) is 24.5 Å². The van der Waals surface area contributed by atoms with E-state index in [4.69, 9.17) is 0 Å². The molecule has 1 aromatic rings. The third kappa shape index (κ3) is 3.75. The molecule has 0 unspecified atom stereocenters. The van der Waals surface area contributed by atoms with E-state index in [0.717, 1.165) is 11.1 Å². The second kappa shape index (κ2) is 7.36. The maximum atomic E-state index is 11.5. The predicted octanol–water partition coefficient (Wildman–Crippen LogP) is 3.52. The molecular formula is C15H24NO5P. The molecule has 7 heteroatoms. The molecule has 0 atom stereocenters. The lowest BCUT2D eigenvalue weighted by Crippen LogP contribution is -2.12. The summed E-state index contributed by atoms with van der Waals surface area (Å²) in [4.78, 5) is 30.0. The third-order valence-electron chi connectivity index (χ3n) is 3.99. The Bertz CT molecular complexity index is 588. The van der Waals surface area contributed by atoms with Crippen LogP contribution in [0.3, 0.4) is 0 Å². The van der Waals surface area contributed by atoms with Crippen LogP contribution >= 0.6 is 7.60 Å². The number of nitro groups is 1. The lowest BCUT2D eigenvalue weighted by Gasteiger charge is -2.21. The quantitative estimate of drug-likeness (QED) is 0.453. The Morgan fingerprint density at radius 2 is 1.23 bits per heavy atom. The molecule has 0 aliphatic rings. The average Bonchev–Trinajstić information content (AvgIpc) is 2.43. The molecule has 0 aromatic heterocycles. The van der Waals surface area contributed by atoms with Crippen LogP contribution in [0.2, 0.25) is 0 Å². The molecule has 1 rings (SSSR count). The molecule has 0 fully saturated rings. The Morgan fingerprint density at radius 3 is 1.45 bits per heavy atom.